The van der Waals surface area contributed by atoms with Crippen LogP contribution < -0.4 is 10.9 Å². The lowest BCUT2D eigenvalue weighted by Gasteiger charge is -2.07. The first-order valence-corrected chi connectivity index (χ1v) is 5.53. The number of aryl methyl sites for hydroxylation is 1. The first-order chi connectivity index (χ1) is 8.66. The van der Waals surface area contributed by atoms with Crippen molar-refractivity contribution in [3.63, 3.8) is 0 Å². The SMILES string of the molecule is Cc1cccn(CC(=O)Nc2cccnc2)c1=O. The smallest absolute Gasteiger partial charge is 0.253 e. The third-order valence-electron chi connectivity index (χ3n) is 2.47. The summed E-state index contributed by atoms with van der Waals surface area (Å²) in [5, 5.41) is 2.68. The monoisotopic (exact) mass is 243 g/mol. The molecule has 0 atom stereocenters. The van der Waals surface area contributed by atoms with E-state index in [1.807, 2.05) is 0 Å². The maximum Gasteiger partial charge on any atom is 0.253 e. The Kier molecular flexibility index (Phi) is 3.52. The Balaban J connectivity index is 2.08. The van der Waals surface area contributed by atoms with Gasteiger partial charge in [0.05, 0.1) is 11.9 Å². The molecule has 0 bridgehead atoms. The minimum absolute atomic E-state index is 0.00456. The van der Waals surface area contributed by atoms with Gasteiger partial charge in [0.1, 0.15) is 6.54 Å². The number of aromatic nitrogens is 2. The summed E-state index contributed by atoms with van der Waals surface area (Å²) in [6, 6.07) is 6.93. The highest BCUT2D eigenvalue weighted by Crippen LogP contribution is 2.02. The topological polar surface area (TPSA) is 64.0 Å². The molecule has 0 saturated heterocycles. The standard InChI is InChI=1S/C13H13N3O2/c1-10-4-3-7-16(13(10)18)9-12(17)15-11-5-2-6-14-8-11/h2-8H,9H2,1H3,(H,15,17). The van der Waals surface area contributed by atoms with Gasteiger partial charge in [-0.1, -0.05) is 6.07 Å². The van der Waals surface area contributed by atoms with Crippen LogP contribution in [0.5, 0.6) is 0 Å². The van der Waals surface area contributed by atoms with E-state index < -0.39 is 0 Å². The van der Waals surface area contributed by atoms with Crippen LogP contribution in [0.1, 0.15) is 5.56 Å². The molecule has 2 heterocycles. The van der Waals surface area contributed by atoms with E-state index in [4.69, 9.17) is 0 Å². The molecular formula is C13H13N3O2. The second-order valence-corrected chi connectivity index (χ2v) is 3.91. The van der Waals surface area contributed by atoms with Crippen molar-refractivity contribution < 1.29 is 4.79 Å². The summed E-state index contributed by atoms with van der Waals surface area (Å²) >= 11 is 0. The van der Waals surface area contributed by atoms with Crippen LogP contribution in [0.3, 0.4) is 0 Å². The molecule has 1 N–H and O–H groups in total. The van der Waals surface area contributed by atoms with Crippen LogP contribution in [0.15, 0.2) is 47.7 Å². The number of hydrogen-bond donors (Lipinski definition) is 1. The molecule has 5 nitrogen and oxygen atoms in total. The van der Waals surface area contributed by atoms with Gasteiger partial charge in [-0.15, -0.1) is 0 Å². The number of hydrogen-bond acceptors (Lipinski definition) is 3. The Bertz CT molecular complexity index is 605. The molecule has 0 aliphatic rings. The summed E-state index contributed by atoms with van der Waals surface area (Å²) in [6.45, 7) is 1.72. The van der Waals surface area contributed by atoms with Gasteiger partial charge in [0.2, 0.25) is 5.91 Å². The predicted octanol–water partition coefficient (Wildman–Crippen LogP) is 1.19. The molecule has 0 aromatic carbocycles. The molecule has 0 aliphatic heterocycles. The van der Waals surface area contributed by atoms with Crippen molar-refractivity contribution in [2.75, 3.05) is 5.32 Å². The van der Waals surface area contributed by atoms with Crippen molar-refractivity contribution in [2.24, 2.45) is 0 Å². The quantitative estimate of drug-likeness (QED) is 0.880. The minimum Gasteiger partial charge on any atom is -0.323 e. The summed E-state index contributed by atoms with van der Waals surface area (Å²) in [7, 11) is 0. The van der Waals surface area contributed by atoms with Gasteiger partial charge >= 0.3 is 0 Å². The van der Waals surface area contributed by atoms with Crippen LogP contribution in [0.4, 0.5) is 5.69 Å². The first-order valence-electron chi connectivity index (χ1n) is 5.53. The normalized spacial score (nSPS) is 10.1. The maximum absolute atomic E-state index is 11.7. The number of nitrogens with zero attached hydrogens (tertiary/aromatic N) is 2. The number of carbonyl (C=O) groups excluding carboxylic acids is 1. The zero-order valence-corrected chi connectivity index (χ0v) is 9.96. The number of nitrogens with one attached hydrogen (secondary N) is 1. The molecular weight excluding hydrogens is 230 g/mol. The Labute approximate surface area is 104 Å². The number of carbonyl (C=O) groups is 1. The summed E-state index contributed by atoms with van der Waals surface area (Å²) in [5.74, 6) is -0.254. The van der Waals surface area contributed by atoms with Gasteiger partial charge in [-0.05, 0) is 25.1 Å². The molecule has 92 valence electrons. The molecule has 0 spiro atoms. The molecule has 0 fully saturated rings. The zero-order valence-electron chi connectivity index (χ0n) is 9.96. The largest absolute Gasteiger partial charge is 0.323 e. The van der Waals surface area contributed by atoms with Gasteiger partial charge in [0.25, 0.3) is 5.56 Å². The second-order valence-electron chi connectivity index (χ2n) is 3.91. The van der Waals surface area contributed by atoms with Gasteiger partial charge < -0.3 is 9.88 Å². The molecule has 0 aliphatic carbocycles. The fourth-order valence-electron chi connectivity index (χ4n) is 1.57. The van der Waals surface area contributed by atoms with E-state index in [0.717, 1.165) is 0 Å². The van der Waals surface area contributed by atoms with E-state index in [1.54, 1.807) is 49.8 Å². The van der Waals surface area contributed by atoms with Crippen LogP contribution in [0.25, 0.3) is 0 Å². The predicted molar refractivity (Wildman–Crippen MR) is 68.3 cm³/mol. The maximum atomic E-state index is 11.7. The summed E-state index contributed by atoms with van der Waals surface area (Å²) < 4.78 is 1.38. The number of anilines is 1. The highest BCUT2D eigenvalue weighted by Gasteiger charge is 2.05. The minimum atomic E-state index is -0.254. The summed E-state index contributed by atoms with van der Waals surface area (Å²) in [5.41, 5.74) is 1.08. The van der Waals surface area contributed by atoms with E-state index in [9.17, 15) is 9.59 Å². The highest BCUT2D eigenvalue weighted by molar-refractivity contribution is 5.90. The first kappa shape index (κ1) is 12.0. The lowest BCUT2D eigenvalue weighted by molar-refractivity contribution is -0.116. The van der Waals surface area contributed by atoms with Crippen LogP contribution in [0, 0.1) is 6.92 Å². The van der Waals surface area contributed by atoms with Crippen LogP contribution in [0.2, 0.25) is 0 Å². The van der Waals surface area contributed by atoms with Crippen LogP contribution in [-0.2, 0) is 11.3 Å². The molecule has 1 amide bonds. The summed E-state index contributed by atoms with van der Waals surface area (Å²) in [4.78, 5) is 27.4. The van der Waals surface area contributed by atoms with E-state index in [0.29, 0.717) is 11.3 Å². The van der Waals surface area contributed by atoms with E-state index in [2.05, 4.69) is 10.3 Å². The molecule has 0 radical (unpaired) electrons. The van der Waals surface area contributed by atoms with Gasteiger partial charge in [0.15, 0.2) is 0 Å². The van der Waals surface area contributed by atoms with Crippen LogP contribution in [-0.4, -0.2) is 15.5 Å². The molecule has 2 aromatic heterocycles. The second kappa shape index (κ2) is 5.27. The molecule has 18 heavy (non-hydrogen) atoms. The van der Waals surface area contributed by atoms with Crippen molar-refractivity contribution in [1.82, 2.24) is 9.55 Å². The van der Waals surface area contributed by atoms with Crippen molar-refractivity contribution in [3.8, 4) is 0 Å². The third kappa shape index (κ3) is 2.82. The van der Waals surface area contributed by atoms with Gasteiger partial charge in [-0.25, -0.2) is 0 Å². The van der Waals surface area contributed by atoms with Gasteiger partial charge in [0, 0.05) is 18.0 Å². The molecule has 5 heteroatoms. The molecule has 2 aromatic rings. The van der Waals surface area contributed by atoms with Crippen molar-refractivity contribution in [3.05, 3.63) is 58.8 Å². The average Bonchev–Trinajstić information content (AvgIpc) is 2.36. The Hall–Kier alpha value is -2.43. The highest BCUT2D eigenvalue weighted by atomic mass is 16.2. The van der Waals surface area contributed by atoms with Gasteiger partial charge in [-0.3, -0.25) is 14.6 Å². The van der Waals surface area contributed by atoms with Crippen molar-refractivity contribution in [1.29, 1.82) is 0 Å². The Morgan fingerprint density at radius 3 is 2.94 bits per heavy atom. The van der Waals surface area contributed by atoms with Crippen molar-refractivity contribution >= 4 is 11.6 Å². The van der Waals surface area contributed by atoms with E-state index in [1.165, 1.54) is 4.57 Å². The number of amides is 1. The van der Waals surface area contributed by atoms with Crippen molar-refractivity contribution in [2.45, 2.75) is 13.5 Å². The number of pyridine rings is 2. The fraction of sp³-hybridized carbons (Fsp3) is 0.154. The number of rotatable bonds is 3. The Morgan fingerprint density at radius 1 is 1.39 bits per heavy atom. The molecule has 2 rings (SSSR count). The lowest BCUT2D eigenvalue weighted by atomic mass is 10.3. The molecule has 0 unspecified atom stereocenters. The lowest BCUT2D eigenvalue weighted by Crippen LogP contribution is -2.28. The van der Waals surface area contributed by atoms with Gasteiger partial charge in [-0.2, -0.15) is 0 Å². The van der Waals surface area contributed by atoms with E-state index >= 15 is 0 Å². The molecule has 0 saturated carbocycles. The average molecular weight is 243 g/mol. The third-order valence-corrected chi connectivity index (χ3v) is 2.47. The van der Waals surface area contributed by atoms with E-state index in [-0.39, 0.29) is 18.0 Å². The van der Waals surface area contributed by atoms with Crippen LogP contribution >= 0.6 is 0 Å². The summed E-state index contributed by atoms with van der Waals surface area (Å²) in [6.07, 6.45) is 4.77. The Morgan fingerprint density at radius 2 is 2.22 bits per heavy atom. The fourth-order valence-corrected chi connectivity index (χ4v) is 1.57. The zero-order chi connectivity index (χ0) is 13.0.